The van der Waals surface area contributed by atoms with Crippen molar-refractivity contribution in [2.45, 2.75) is 18.4 Å². The van der Waals surface area contributed by atoms with E-state index in [4.69, 9.17) is 16.3 Å². The molecule has 21 heavy (non-hydrogen) atoms. The standard InChI is InChI=1S/C16H14ClN3O/c17-11-1-3-13-14(9-11)21-16(5-7-19-8-6-16)15-4-2-12(10-18)20(13)15/h1-4,9,19H,5-8H2. The van der Waals surface area contributed by atoms with Crippen LogP contribution in [0.4, 0.5) is 0 Å². The normalized spacial score (nSPS) is 18.5. The molecule has 2 aliphatic heterocycles. The van der Waals surface area contributed by atoms with Crippen molar-refractivity contribution in [1.82, 2.24) is 9.88 Å². The molecule has 0 aliphatic carbocycles. The molecule has 0 unspecified atom stereocenters. The molecular weight excluding hydrogens is 286 g/mol. The minimum atomic E-state index is -0.363. The Hall–Kier alpha value is -1.96. The highest BCUT2D eigenvalue weighted by Gasteiger charge is 2.43. The van der Waals surface area contributed by atoms with Gasteiger partial charge in [-0.15, -0.1) is 0 Å². The number of benzene rings is 1. The average Bonchev–Trinajstić information content (AvgIpc) is 2.93. The van der Waals surface area contributed by atoms with Gasteiger partial charge in [0.2, 0.25) is 0 Å². The molecule has 0 bridgehead atoms. The van der Waals surface area contributed by atoms with Gasteiger partial charge in [-0.1, -0.05) is 11.6 Å². The first-order valence-corrected chi connectivity index (χ1v) is 7.43. The quantitative estimate of drug-likeness (QED) is 0.813. The summed E-state index contributed by atoms with van der Waals surface area (Å²) in [6, 6.07) is 11.7. The fourth-order valence-electron chi connectivity index (χ4n) is 3.35. The van der Waals surface area contributed by atoms with Gasteiger partial charge < -0.3 is 10.1 Å². The van der Waals surface area contributed by atoms with Crippen molar-refractivity contribution >= 4 is 11.6 Å². The third kappa shape index (κ3) is 1.78. The van der Waals surface area contributed by atoms with Gasteiger partial charge in [0, 0.05) is 23.9 Å². The predicted octanol–water partition coefficient (Wildman–Crippen LogP) is 2.97. The van der Waals surface area contributed by atoms with E-state index in [1.165, 1.54) is 0 Å². The summed E-state index contributed by atoms with van der Waals surface area (Å²) in [5.74, 6) is 0.754. The molecule has 0 saturated carbocycles. The number of hydrogen-bond donors (Lipinski definition) is 1. The molecule has 106 valence electrons. The fourth-order valence-corrected chi connectivity index (χ4v) is 3.51. The van der Waals surface area contributed by atoms with Gasteiger partial charge in [-0.2, -0.15) is 5.26 Å². The van der Waals surface area contributed by atoms with Crippen LogP contribution >= 0.6 is 11.6 Å². The highest BCUT2D eigenvalue weighted by atomic mass is 35.5. The number of nitriles is 1. The van der Waals surface area contributed by atoms with Gasteiger partial charge in [-0.25, -0.2) is 0 Å². The second-order valence-corrected chi connectivity index (χ2v) is 5.95. The molecule has 2 aromatic rings. The maximum Gasteiger partial charge on any atom is 0.152 e. The molecule has 1 spiro atoms. The molecule has 5 heteroatoms. The Morgan fingerprint density at radius 1 is 1.24 bits per heavy atom. The predicted molar refractivity (Wildman–Crippen MR) is 79.9 cm³/mol. The van der Waals surface area contributed by atoms with Crippen LogP contribution in [0.25, 0.3) is 5.69 Å². The van der Waals surface area contributed by atoms with E-state index in [0.717, 1.165) is 43.1 Å². The van der Waals surface area contributed by atoms with Gasteiger partial charge in [0.25, 0.3) is 0 Å². The summed E-state index contributed by atoms with van der Waals surface area (Å²) in [6.45, 7) is 1.81. The third-order valence-electron chi connectivity index (χ3n) is 4.34. The Morgan fingerprint density at radius 3 is 2.81 bits per heavy atom. The van der Waals surface area contributed by atoms with Gasteiger partial charge in [0.05, 0.1) is 11.4 Å². The van der Waals surface area contributed by atoms with Crippen molar-refractivity contribution < 1.29 is 4.74 Å². The number of halogens is 1. The second kappa shape index (κ2) is 4.52. The molecule has 1 fully saturated rings. The van der Waals surface area contributed by atoms with E-state index in [9.17, 15) is 5.26 Å². The van der Waals surface area contributed by atoms with Crippen molar-refractivity contribution in [2.75, 3.05) is 13.1 Å². The maximum absolute atomic E-state index is 9.40. The zero-order valence-corrected chi connectivity index (χ0v) is 12.2. The Bertz CT molecular complexity index is 753. The topological polar surface area (TPSA) is 50.0 Å². The molecule has 1 aromatic carbocycles. The van der Waals surface area contributed by atoms with Crippen molar-refractivity contribution in [1.29, 1.82) is 5.26 Å². The van der Waals surface area contributed by atoms with Crippen LogP contribution in [0.2, 0.25) is 5.02 Å². The van der Waals surface area contributed by atoms with Gasteiger partial charge in [0.15, 0.2) is 5.60 Å². The maximum atomic E-state index is 9.40. The van der Waals surface area contributed by atoms with Crippen LogP contribution in [0, 0.1) is 11.3 Å². The molecule has 2 aliphatic rings. The van der Waals surface area contributed by atoms with Gasteiger partial charge >= 0.3 is 0 Å². The van der Waals surface area contributed by atoms with E-state index in [0.29, 0.717) is 10.7 Å². The summed E-state index contributed by atoms with van der Waals surface area (Å²) < 4.78 is 8.39. The van der Waals surface area contributed by atoms with E-state index < -0.39 is 0 Å². The molecule has 4 rings (SSSR count). The Labute approximate surface area is 127 Å². The molecule has 1 saturated heterocycles. The number of hydrogen-bond acceptors (Lipinski definition) is 3. The molecule has 0 atom stereocenters. The van der Waals surface area contributed by atoms with Crippen LogP contribution in [0.15, 0.2) is 30.3 Å². The molecule has 0 radical (unpaired) electrons. The number of ether oxygens (including phenoxy) is 1. The van der Waals surface area contributed by atoms with Gasteiger partial charge in [0.1, 0.15) is 17.5 Å². The summed E-state index contributed by atoms with van der Waals surface area (Å²) in [4.78, 5) is 0. The molecule has 1 aromatic heterocycles. The number of nitrogens with zero attached hydrogens (tertiary/aromatic N) is 2. The van der Waals surface area contributed by atoms with Crippen LogP contribution in [0.5, 0.6) is 5.75 Å². The number of nitrogens with one attached hydrogen (secondary N) is 1. The highest BCUT2D eigenvalue weighted by Crippen LogP contribution is 2.45. The molecule has 4 nitrogen and oxygen atoms in total. The third-order valence-corrected chi connectivity index (χ3v) is 4.58. The van der Waals surface area contributed by atoms with Crippen molar-refractivity contribution in [2.24, 2.45) is 0 Å². The Kier molecular flexibility index (Phi) is 2.75. The van der Waals surface area contributed by atoms with Crippen molar-refractivity contribution in [3.63, 3.8) is 0 Å². The zero-order valence-electron chi connectivity index (χ0n) is 11.4. The summed E-state index contributed by atoms with van der Waals surface area (Å²) in [6.07, 6.45) is 1.77. The van der Waals surface area contributed by atoms with Crippen molar-refractivity contribution in [3.8, 4) is 17.5 Å². The number of piperidine rings is 1. The second-order valence-electron chi connectivity index (χ2n) is 5.51. The largest absolute Gasteiger partial charge is 0.479 e. The summed E-state index contributed by atoms with van der Waals surface area (Å²) in [5, 5.41) is 13.4. The van der Waals surface area contributed by atoms with E-state index in [1.54, 1.807) is 0 Å². The number of fused-ring (bicyclic) bond motifs is 4. The summed E-state index contributed by atoms with van der Waals surface area (Å²) >= 11 is 6.11. The van der Waals surface area contributed by atoms with Crippen LogP contribution < -0.4 is 10.1 Å². The average molecular weight is 300 g/mol. The molecule has 0 amide bonds. The first-order chi connectivity index (χ1) is 10.2. The number of aromatic nitrogens is 1. The van der Waals surface area contributed by atoms with E-state index in [-0.39, 0.29) is 5.60 Å². The lowest BCUT2D eigenvalue weighted by atomic mass is 9.87. The minimum Gasteiger partial charge on any atom is -0.479 e. The fraction of sp³-hybridized carbons (Fsp3) is 0.312. The summed E-state index contributed by atoms with van der Waals surface area (Å²) in [5.41, 5.74) is 2.23. The van der Waals surface area contributed by atoms with Gasteiger partial charge in [-0.05, 0) is 37.4 Å². The molecular formula is C16H14ClN3O. The first-order valence-electron chi connectivity index (χ1n) is 7.05. The minimum absolute atomic E-state index is 0.363. The smallest absolute Gasteiger partial charge is 0.152 e. The van der Waals surface area contributed by atoms with E-state index in [1.807, 2.05) is 34.9 Å². The van der Waals surface area contributed by atoms with E-state index >= 15 is 0 Å². The lowest BCUT2D eigenvalue weighted by Crippen LogP contribution is -2.47. The van der Waals surface area contributed by atoms with E-state index in [2.05, 4.69) is 11.4 Å². The lowest BCUT2D eigenvalue weighted by molar-refractivity contribution is 0.0202. The van der Waals surface area contributed by atoms with Gasteiger partial charge in [-0.3, -0.25) is 4.57 Å². The molecule has 3 heterocycles. The summed E-state index contributed by atoms with van der Waals surface area (Å²) in [7, 11) is 0. The van der Waals surface area contributed by atoms with Crippen molar-refractivity contribution in [3.05, 3.63) is 46.7 Å². The van der Waals surface area contributed by atoms with Crippen LogP contribution in [-0.4, -0.2) is 17.7 Å². The first kappa shape index (κ1) is 12.8. The molecule has 1 N–H and O–H groups in total. The monoisotopic (exact) mass is 299 g/mol. The number of rotatable bonds is 0. The lowest BCUT2D eigenvalue weighted by Gasteiger charge is -2.42. The van der Waals surface area contributed by atoms with Crippen LogP contribution in [0.1, 0.15) is 24.2 Å². The Balaban J connectivity index is 1.98. The SMILES string of the molecule is N#Cc1ccc2n1-c1ccc(Cl)cc1OC21CCNCC1. The van der Waals surface area contributed by atoms with Crippen LogP contribution in [-0.2, 0) is 5.60 Å². The Morgan fingerprint density at radius 2 is 2.05 bits per heavy atom. The highest BCUT2D eigenvalue weighted by molar-refractivity contribution is 6.30. The van der Waals surface area contributed by atoms with Crippen LogP contribution in [0.3, 0.4) is 0 Å². The zero-order chi connectivity index (χ0) is 14.4.